The summed E-state index contributed by atoms with van der Waals surface area (Å²) < 4.78 is 2.85. The van der Waals surface area contributed by atoms with Crippen molar-refractivity contribution in [3.05, 3.63) is 44.2 Å². The van der Waals surface area contributed by atoms with Crippen LogP contribution in [0.25, 0.3) is 0 Å². The first-order valence-electron chi connectivity index (χ1n) is 5.52. The van der Waals surface area contributed by atoms with Crippen LogP contribution in [0.5, 0.6) is 0 Å². The van der Waals surface area contributed by atoms with Gasteiger partial charge in [0.25, 0.3) is 0 Å². The Labute approximate surface area is 115 Å². The molecule has 1 aromatic carbocycles. The predicted molar refractivity (Wildman–Crippen MR) is 79.1 cm³/mol. The molecule has 0 spiro atoms. The van der Waals surface area contributed by atoms with E-state index in [0.717, 1.165) is 15.9 Å². The minimum absolute atomic E-state index is 0.738. The van der Waals surface area contributed by atoms with E-state index in [4.69, 9.17) is 5.73 Å². The second-order valence-corrected chi connectivity index (χ2v) is 5.56. The van der Waals surface area contributed by atoms with Gasteiger partial charge >= 0.3 is 0 Å². The molecule has 2 rings (SSSR count). The highest BCUT2D eigenvalue weighted by atomic mass is 127. The predicted octanol–water partition coefficient (Wildman–Crippen LogP) is 3.04. The monoisotopic (exact) mass is 341 g/mol. The van der Waals surface area contributed by atoms with E-state index in [0.29, 0.717) is 0 Å². The molecule has 0 aliphatic heterocycles. The minimum Gasteiger partial charge on any atom is -0.383 e. The van der Waals surface area contributed by atoms with Gasteiger partial charge in [-0.2, -0.15) is 5.10 Å². The van der Waals surface area contributed by atoms with Crippen molar-refractivity contribution in [3.8, 4) is 0 Å². The van der Waals surface area contributed by atoms with E-state index in [2.05, 4.69) is 60.6 Å². The van der Waals surface area contributed by atoms with Crippen LogP contribution in [0.2, 0.25) is 0 Å². The molecule has 1 heterocycles. The fourth-order valence-electron chi connectivity index (χ4n) is 1.85. The average Bonchev–Trinajstić information content (AvgIpc) is 2.58. The fourth-order valence-corrected chi connectivity index (χ4v) is 2.25. The van der Waals surface area contributed by atoms with E-state index in [-0.39, 0.29) is 0 Å². The Morgan fingerprint density at radius 3 is 2.41 bits per heavy atom. The highest BCUT2D eigenvalue weighted by Gasteiger charge is 2.07. The first-order chi connectivity index (χ1) is 7.99. The summed E-state index contributed by atoms with van der Waals surface area (Å²) in [6, 6.07) is 4.44. The zero-order valence-corrected chi connectivity index (χ0v) is 12.4. The smallest absolute Gasteiger partial charge is 0.135 e. The van der Waals surface area contributed by atoms with E-state index < -0.39 is 0 Å². The van der Waals surface area contributed by atoms with E-state index in [1.54, 1.807) is 6.20 Å². The Morgan fingerprint density at radius 2 is 1.82 bits per heavy atom. The van der Waals surface area contributed by atoms with Crippen LogP contribution in [0, 0.1) is 24.3 Å². The Bertz CT molecular complexity index is 558. The molecule has 0 aliphatic carbocycles. The summed E-state index contributed by atoms with van der Waals surface area (Å²) in [7, 11) is 0. The molecule has 0 bridgehead atoms. The van der Waals surface area contributed by atoms with Gasteiger partial charge in [-0.3, -0.25) is 0 Å². The van der Waals surface area contributed by atoms with Crippen molar-refractivity contribution in [1.29, 1.82) is 0 Å². The quantitative estimate of drug-likeness (QED) is 0.854. The lowest BCUT2D eigenvalue weighted by molar-refractivity contribution is 0.693. The molecule has 0 saturated carbocycles. The molecule has 90 valence electrons. The lowest BCUT2D eigenvalue weighted by Crippen LogP contribution is -2.08. The van der Waals surface area contributed by atoms with Crippen molar-refractivity contribution < 1.29 is 0 Å². The second-order valence-electron chi connectivity index (χ2n) is 4.40. The standard InChI is InChI=1S/C13H16IN3/c1-8-4-10(3)11(5-9(8)2)7-17-13(15)12(14)6-16-17/h4-6H,7,15H2,1-3H3. The third-order valence-electron chi connectivity index (χ3n) is 3.11. The molecule has 0 fully saturated rings. The summed E-state index contributed by atoms with van der Waals surface area (Å²) in [6.07, 6.45) is 1.80. The molecule has 17 heavy (non-hydrogen) atoms. The average molecular weight is 341 g/mol. The molecule has 0 aliphatic rings. The number of hydrogen-bond donors (Lipinski definition) is 1. The summed E-state index contributed by atoms with van der Waals surface area (Å²) in [6.45, 7) is 7.14. The number of benzene rings is 1. The Morgan fingerprint density at radius 1 is 1.18 bits per heavy atom. The third kappa shape index (κ3) is 2.46. The van der Waals surface area contributed by atoms with Gasteiger partial charge < -0.3 is 5.73 Å². The first-order valence-corrected chi connectivity index (χ1v) is 6.60. The van der Waals surface area contributed by atoms with Gasteiger partial charge in [0.2, 0.25) is 0 Å². The van der Waals surface area contributed by atoms with E-state index in [9.17, 15) is 0 Å². The Kier molecular flexibility index (Phi) is 3.42. The summed E-state index contributed by atoms with van der Waals surface area (Å²) in [5.74, 6) is 0.739. The molecule has 0 saturated heterocycles. The first kappa shape index (κ1) is 12.4. The van der Waals surface area contributed by atoms with Crippen molar-refractivity contribution in [2.24, 2.45) is 0 Å². The molecule has 0 atom stereocenters. The molecule has 1 aromatic heterocycles. The van der Waals surface area contributed by atoms with E-state index >= 15 is 0 Å². The number of hydrogen-bond acceptors (Lipinski definition) is 2. The summed E-state index contributed by atoms with van der Waals surface area (Å²) >= 11 is 2.20. The fraction of sp³-hybridized carbons (Fsp3) is 0.308. The highest BCUT2D eigenvalue weighted by molar-refractivity contribution is 14.1. The molecular weight excluding hydrogens is 325 g/mol. The summed E-state index contributed by atoms with van der Waals surface area (Å²) in [5.41, 5.74) is 11.2. The van der Waals surface area contributed by atoms with E-state index in [1.807, 2.05) is 4.68 Å². The molecule has 2 N–H and O–H groups in total. The van der Waals surface area contributed by atoms with Gasteiger partial charge in [0.05, 0.1) is 16.3 Å². The second kappa shape index (κ2) is 4.68. The maximum absolute atomic E-state index is 5.96. The SMILES string of the molecule is Cc1cc(C)c(Cn2ncc(I)c2N)cc1C. The number of nitrogens with zero attached hydrogens (tertiary/aromatic N) is 2. The van der Waals surface area contributed by atoms with Gasteiger partial charge in [0.1, 0.15) is 5.82 Å². The Balaban J connectivity index is 2.36. The van der Waals surface area contributed by atoms with Crippen molar-refractivity contribution >= 4 is 28.4 Å². The van der Waals surface area contributed by atoms with Gasteiger partial charge in [-0.1, -0.05) is 12.1 Å². The lowest BCUT2D eigenvalue weighted by Gasteiger charge is -2.11. The topological polar surface area (TPSA) is 43.8 Å². The number of anilines is 1. The van der Waals surface area contributed by atoms with Gasteiger partial charge in [-0.15, -0.1) is 0 Å². The third-order valence-corrected chi connectivity index (χ3v) is 3.94. The molecule has 0 unspecified atom stereocenters. The van der Waals surface area contributed by atoms with Crippen LogP contribution < -0.4 is 5.73 Å². The number of rotatable bonds is 2. The van der Waals surface area contributed by atoms with Gasteiger partial charge in [-0.05, 0) is 65.6 Å². The zero-order chi connectivity index (χ0) is 12.6. The van der Waals surface area contributed by atoms with Crippen molar-refractivity contribution in [2.45, 2.75) is 27.3 Å². The molecule has 0 radical (unpaired) electrons. The van der Waals surface area contributed by atoms with Crippen LogP contribution in [0.15, 0.2) is 18.3 Å². The number of aryl methyl sites for hydroxylation is 3. The van der Waals surface area contributed by atoms with Crippen LogP contribution in [0.3, 0.4) is 0 Å². The van der Waals surface area contributed by atoms with Gasteiger partial charge in [-0.25, -0.2) is 4.68 Å². The molecule has 3 nitrogen and oxygen atoms in total. The largest absolute Gasteiger partial charge is 0.383 e. The van der Waals surface area contributed by atoms with Crippen LogP contribution >= 0.6 is 22.6 Å². The normalized spacial score (nSPS) is 10.8. The van der Waals surface area contributed by atoms with Crippen LogP contribution in [-0.4, -0.2) is 9.78 Å². The molecule has 2 aromatic rings. The number of nitrogen functional groups attached to an aromatic ring is 1. The van der Waals surface area contributed by atoms with Crippen molar-refractivity contribution in [1.82, 2.24) is 9.78 Å². The van der Waals surface area contributed by atoms with Crippen LogP contribution in [-0.2, 0) is 6.54 Å². The van der Waals surface area contributed by atoms with Crippen molar-refractivity contribution in [2.75, 3.05) is 5.73 Å². The summed E-state index contributed by atoms with van der Waals surface area (Å²) in [5, 5.41) is 4.29. The molecule has 0 amide bonds. The lowest BCUT2D eigenvalue weighted by atomic mass is 10.0. The Hall–Kier alpha value is -1.04. The number of nitrogens with two attached hydrogens (primary N) is 1. The van der Waals surface area contributed by atoms with Crippen LogP contribution in [0.1, 0.15) is 22.3 Å². The zero-order valence-electron chi connectivity index (χ0n) is 10.3. The summed E-state index contributed by atoms with van der Waals surface area (Å²) in [4.78, 5) is 0. The minimum atomic E-state index is 0.738. The number of halogens is 1. The van der Waals surface area contributed by atoms with Gasteiger partial charge in [0.15, 0.2) is 0 Å². The van der Waals surface area contributed by atoms with E-state index in [1.165, 1.54) is 22.3 Å². The maximum Gasteiger partial charge on any atom is 0.135 e. The molecule has 4 heteroatoms. The van der Waals surface area contributed by atoms with Gasteiger partial charge in [0, 0.05) is 0 Å². The van der Waals surface area contributed by atoms with Crippen LogP contribution in [0.4, 0.5) is 5.82 Å². The highest BCUT2D eigenvalue weighted by Crippen LogP contribution is 2.19. The maximum atomic E-state index is 5.96. The van der Waals surface area contributed by atoms with Crippen molar-refractivity contribution in [3.63, 3.8) is 0 Å². The number of aromatic nitrogens is 2. The molecular formula is C13H16IN3.